The summed E-state index contributed by atoms with van der Waals surface area (Å²) in [6.45, 7) is 7.35. The average molecular weight is 288 g/mol. The number of rotatable bonds is 7. The highest BCUT2D eigenvalue weighted by molar-refractivity contribution is 5.20. The molecule has 0 radical (unpaired) electrons. The van der Waals surface area contributed by atoms with Crippen LogP contribution >= 0.6 is 0 Å². The number of hydrogen-bond donors (Lipinski definition) is 1. The summed E-state index contributed by atoms with van der Waals surface area (Å²) in [4.78, 5) is 0. The van der Waals surface area contributed by atoms with E-state index < -0.39 is 6.10 Å². The summed E-state index contributed by atoms with van der Waals surface area (Å²) in [6, 6.07) is 11.9. The lowest BCUT2D eigenvalue weighted by atomic mass is 10.0. The predicted molar refractivity (Wildman–Crippen MR) is 83.2 cm³/mol. The Morgan fingerprint density at radius 2 is 1.95 bits per heavy atom. The molecule has 1 N–H and O–H groups in total. The quantitative estimate of drug-likeness (QED) is 0.852. The zero-order valence-corrected chi connectivity index (χ0v) is 13.0. The van der Waals surface area contributed by atoms with Gasteiger partial charge in [-0.1, -0.05) is 30.3 Å². The van der Waals surface area contributed by atoms with Gasteiger partial charge in [-0.15, -0.1) is 0 Å². The minimum absolute atomic E-state index is 0.309. The van der Waals surface area contributed by atoms with Gasteiger partial charge in [0.15, 0.2) is 0 Å². The van der Waals surface area contributed by atoms with E-state index in [9.17, 15) is 5.11 Å². The molecule has 0 fully saturated rings. The van der Waals surface area contributed by atoms with Crippen molar-refractivity contribution < 1.29 is 9.84 Å². The molecular weight excluding hydrogens is 264 g/mol. The SMILES string of the molecule is CCOC(c1ccccc1)C(O)Cc1cc(C)nn1CC. The van der Waals surface area contributed by atoms with Crippen molar-refractivity contribution in [2.45, 2.75) is 45.9 Å². The summed E-state index contributed by atoms with van der Waals surface area (Å²) in [5.74, 6) is 0. The first-order valence-electron chi connectivity index (χ1n) is 7.53. The number of hydrogen-bond acceptors (Lipinski definition) is 3. The Kier molecular flexibility index (Phi) is 5.53. The van der Waals surface area contributed by atoms with Crippen molar-refractivity contribution in [2.24, 2.45) is 0 Å². The van der Waals surface area contributed by atoms with Gasteiger partial charge in [0.25, 0.3) is 0 Å². The second kappa shape index (κ2) is 7.38. The first-order chi connectivity index (χ1) is 10.2. The molecule has 21 heavy (non-hydrogen) atoms. The van der Waals surface area contributed by atoms with Crippen molar-refractivity contribution in [3.05, 3.63) is 53.3 Å². The lowest BCUT2D eigenvalue weighted by molar-refractivity contribution is -0.0347. The van der Waals surface area contributed by atoms with Gasteiger partial charge in [0.05, 0.1) is 11.8 Å². The maximum Gasteiger partial charge on any atom is 0.109 e. The summed E-state index contributed by atoms with van der Waals surface area (Å²) >= 11 is 0. The Labute approximate surface area is 126 Å². The van der Waals surface area contributed by atoms with E-state index >= 15 is 0 Å². The lowest BCUT2D eigenvalue weighted by Gasteiger charge is -2.23. The van der Waals surface area contributed by atoms with E-state index in [4.69, 9.17) is 4.74 Å². The van der Waals surface area contributed by atoms with Crippen molar-refractivity contribution in [1.29, 1.82) is 0 Å². The first-order valence-corrected chi connectivity index (χ1v) is 7.53. The molecule has 0 aliphatic rings. The minimum atomic E-state index is -0.589. The summed E-state index contributed by atoms with van der Waals surface area (Å²) in [7, 11) is 0. The average Bonchev–Trinajstić information content (AvgIpc) is 2.85. The van der Waals surface area contributed by atoms with Gasteiger partial charge in [-0.3, -0.25) is 4.68 Å². The van der Waals surface area contributed by atoms with Crippen LogP contribution in [0.5, 0.6) is 0 Å². The van der Waals surface area contributed by atoms with Gasteiger partial charge in [0.2, 0.25) is 0 Å². The van der Waals surface area contributed by atoms with E-state index in [1.165, 1.54) is 0 Å². The van der Waals surface area contributed by atoms with Crippen molar-refractivity contribution in [2.75, 3.05) is 6.61 Å². The van der Waals surface area contributed by atoms with E-state index in [-0.39, 0.29) is 6.10 Å². The Hall–Kier alpha value is -1.65. The molecule has 0 aliphatic heterocycles. The van der Waals surface area contributed by atoms with E-state index in [0.29, 0.717) is 13.0 Å². The summed E-state index contributed by atoms with van der Waals surface area (Å²) < 4.78 is 7.70. The van der Waals surface area contributed by atoms with Gasteiger partial charge in [0.1, 0.15) is 6.10 Å². The normalized spacial score (nSPS) is 14.1. The molecule has 2 atom stereocenters. The number of ether oxygens (including phenoxy) is 1. The second-order valence-corrected chi connectivity index (χ2v) is 5.15. The molecule has 4 nitrogen and oxygen atoms in total. The van der Waals surface area contributed by atoms with Gasteiger partial charge in [0, 0.05) is 25.3 Å². The van der Waals surface area contributed by atoms with Gasteiger partial charge < -0.3 is 9.84 Å². The van der Waals surface area contributed by atoms with Gasteiger partial charge in [-0.25, -0.2) is 0 Å². The Balaban J connectivity index is 2.17. The smallest absolute Gasteiger partial charge is 0.109 e. The fraction of sp³-hybridized carbons (Fsp3) is 0.471. The number of aryl methyl sites for hydroxylation is 2. The molecule has 0 bridgehead atoms. The third kappa shape index (κ3) is 3.93. The van der Waals surface area contributed by atoms with E-state index in [1.54, 1.807) is 0 Å². The topological polar surface area (TPSA) is 47.3 Å². The van der Waals surface area contributed by atoms with E-state index in [1.807, 2.05) is 54.9 Å². The number of benzene rings is 1. The maximum absolute atomic E-state index is 10.6. The third-order valence-electron chi connectivity index (χ3n) is 3.53. The van der Waals surface area contributed by atoms with Crippen molar-refractivity contribution in [3.8, 4) is 0 Å². The van der Waals surface area contributed by atoms with E-state index in [2.05, 4.69) is 12.0 Å². The summed E-state index contributed by atoms with van der Waals surface area (Å²) in [5.41, 5.74) is 3.03. The van der Waals surface area contributed by atoms with Crippen LogP contribution in [0.3, 0.4) is 0 Å². The molecule has 114 valence electrons. The molecular formula is C17H24N2O2. The highest BCUT2D eigenvalue weighted by Gasteiger charge is 2.23. The molecule has 1 aromatic carbocycles. The summed E-state index contributed by atoms with van der Waals surface area (Å²) in [5, 5.41) is 15.0. The van der Waals surface area contributed by atoms with Crippen molar-refractivity contribution in [3.63, 3.8) is 0 Å². The van der Waals surface area contributed by atoms with Gasteiger partial charge >= 0.3 is 0 Å². The monoisotopic (exact) mass is 288 g/mol. The highest BCUT2D eigenvalue weighted by Crippen LogP contribution is 2.24. The van der Waals surface area contributed by atoms with E-state index in [0.717, 1.165) is 23.5 Å². The number of nitrogens with zero attached hydrogens (tertiary/aromatic N) is 2. The van der Waals surface area contributed by atoms with Crippen LogP contribution in [0.25, 0.3) is 0 Å². The molecule has 2 rings (SSSR count). The number of aliphatic hydroxyl groups excluding tert-OH is 1. The molecule has 0 aliphatic carbocycles. The molecule has 4 heteroatoms. The summed E-state index contributed by atoms with van der Waals surface area (Å²) in [6.07, 6.45) is -0.362. The number of aliphatic hydroxyl groups is 1. The Morgan fingerprint density at radius 1 is 1.24 bits per heavy atom. The molecule has 1 aromatic heterocycles. The molecule has 0 spiro atoms. The fourth-order valence-corrected chi connectivity index (χ4v) is 2.61. The van der Waals surface area contributed by atoms with Crippen LogP contribution in [0.1, 0.15) is 36.9 Å². The number of aromatic nitrogens is 2. The van der Waals surface area contributed by atoms with Crippen LogP contribution in [0.4, 0.5) is 0 Å². The molecule has 0 saturated heterocycles. The molecule has 2 unspecified atom stereocenters. The van der Waals surface area contributed by atoms with Crippen molar-refractivity contribution >= 4 is 0 Å². The van der Waals surface area contributed by atoms with Gasteiger partial charge in [-0.2, -0.15) is 5.10 Å². The molecule has 0 saturated carbocycles. The van der Waals surface area contributed by atoms with Crippen LogP contribution in [-0.2, 0) is 17.7 Å². The van der Waals surface area contributed by atoms with Crippen LogP contribution in [0.15, 0.2) is 36.4 Å². The van der Waals surface area contributed by atoms with Crippen LogP contribution < -0.4 is 0 Å². The zero-order valence-electron chi connectivity index (χ0n) is 13.0. The first kappa shape index (κ1) is 15.7. The third-order valence-corrected chi connectivity index (χ3v) is 3.53. The van der Waals surface area contributed by atoms with Crippen LogP contribution in [-0.4, -0.2) is 27.6 Å². The predicted octanol–water partition coefficient (Wildman–Crippen LogP) is 2.89. The highest BCUT2D eigenvalue weighted by atomic mass is 16.5. The van der Waals surface area contributed by atoms with Crippen LogP contribution in [0, 0.1) is 6.92 Å². The largest absolute Gasteiger partial charge is 0.390 e. The molecule has 0 amide bonds. The standard InChI is InChI=1S/C17H24N2O2/c1-4-19-15(11-13(3)18-19)12-16(20)17(21-5-2)14-9-7-6-8-10-14/h6-11,16-17,20H,4-5,12H2,1-3H3. The second-order valence-electron chi connectivity index (χ2n) is 5.15. The lowest BCUT2D eigenvalue weighted by Crippen LogP contribution is -2.25. The van der Waals surface area contributed by atoms with Gasteiger partial charge in [-0.05, 0) is 32.4 Å². The molecule has 2 aromatic rings. The maximum atomic E-state index is 10.6. The van der Waals surface area contributed by atoms with Crippen molar-refractivity contribution in [1.82, 2.24) is 9.78 Å². The van der Waals surface area contributed by atoms with Crippen LogP contribution in [0.2, 0.25) is 0 Å². The zero-order chi connectivity index (χ0) is 15.2. The molecule has 1 heterocycles. The fourth-order valence-electron chi connectivity index (χ4n) is 2.61. The Bertz CT molecular complexity index is 551. The Morgan fingerprint density at radius 3 is 2.57 bits per heavy atom. The minimum Gasteiger partial charge on any atom is -0.390 e.